The minimum Gasteiger partial charge on any atom is -0.464 e. The Hall–Kier alpha value is -4.65. The molecule has 6 rings (SSSR count). The van der Waals surface area contributed by atoms with Gasteiger partial charge in [-0.3, -0.25) is 34.3 Å². The van der Waals surface area contributed by atoms with Gasteiger partial charge >= 0.3 is 5.97 Å². The first kappa shape index (κ1) is 40.0. The lowest BCUT2D eigenvalue weighted by Gasteiger charge is -2.36. The molecule has 5 heterocycles. The predicted octanol–water partition coefficient (Wildman–Crippen LogP) is 5.73. The normalized spacial score (nSPS) is 20.3. The monoisotopic (exact) mass is 751 g/mol. The van der Waals surface area contributed by atoms with Gasteiger partial charge in [-0.2, -0.15) is 0 Å². The molecule has 2 aliphatic rings. The summed E-state index contributed by atoms with van der Waals surface area (Å²) >= 11 is 0. The van der Waals surface area contributed by atoms with E-state index in [1.54, 1.807) is 13.3 Å². The number of hydrazine groups is 1. The van der Waals surface area contributed by atoms with Crippen LogP contribution in [0.5, 0.6) is 0 Å². The number of nitrogens with one attached hydrogen (secondary N) is 2. The van der Waals surface area contributed by atoms with Crippen molar-refractivity contribution < 1.29 is 23.9 Å². The minimum absolute atomic E-state index is 0.0123. The Labute approximate surface area is 324 Å². The summed E-state index contributed by atoms with van der Waals surface area (Å²) < 4.78 is 14.2. The van der Waals surface area contributed by atoms with Crippen molar-refractivity contribution in [2.45, 2.75) is 98.0 Å². The number of aromatic nitrogens is 3. The van der Waals surface area contributed by atoms with Crippen molar-refractivity contribution in [3.05, 3.63) is 71.7 Å². The number of fused-ring (bicyclic) bond motifs is 6. The van der Waals surface area contributed by atoms with E-state index < -0.39 is 29.5 Å². The Morgan fingerprint density at radius 2 is 1.91 bits per heavy atom. The molecule has 4 aromatic rings. The van der Waals surface area contributed by atoms with Gasteiger partial charge in [0.05, 0.1) is 35.8 Å². The summed E-state index contributed by atoms with van der Waals surface area (Å²) in [6.45, 7) is 13.7. The lowest BCUT2D eigenvalue weighted by molar-refractivity contribution is -0.155. The Balaban J connectivity index is 1.51. The van der Waals surface area contributed by atoms with Crippen LogP contribution in [0.4, 0.5) is 0 Å². The topological polar surface area (TPSA) is 131 Å². The zero-order valence-electron chi connectivity index (χ0n) is 33.8. The summed E-state index contributed by atoms with van der Waals surface area (Å²) in [5.41, 5.74) is 10.2. The fraction of sp³-hybridized carbons (Fsp3) is 0.512. The third-order valence-corrected chi connectivity index (χ3v) is 10.9. The van der Waals surface area contributed by atoms with Gasteiger partial charge in [0, 0.05) is 66.0 Å². The van der Waals surface area contributed by atoms with Gasteiger partial charge in [0.1, 0.15) is 12.1 Å². The molecule has 0 radical (unpaired) electrons. The standard InChI is InChI=1S/C43H57N7O5/c1-10-49-36-19-18-28-22-31(36)32(39(49)30-15-12-20-44-37(30)27(4)54-9)24-43(5,6)25-55-42(53)34-17-13-21-50(47-34)41(52)35(23-29-14-11-16-33(28)45-29)46-40(51)38(26(2)3)48(7)8/h11-12,14-16,18-20,22,26-27,34-35,38,47H,10,13,17,21,23-25H2,1-9H3,(H,46,51)/t27?,34-,35?,38?/m0/s1. The van der Waals surface area contributed by atoms with Gasteiger partial charge in [-0.25, -0.2) is 5.43 Å². The molecule has 2 aliphatic heterocycles. The minimum atomic E-state index is -0.921. The van der Waals surface area contributed by atoms with Gasteiger partial charge < -0.3 is 19.4 Å². The van der Waals surface area contributed by atoms with Crippen LogP contribution in [-0.4, -0.2) is 94.7 Å². The molecule has 2 amide bonds. The molecule has 3 unspecified atom stereocenters. The lowest BCUT2D eigenvalue weighted by Crippen LogP contribution is -2.61. The van der Waals surface area contributed by atoms with Gasteiger partial charge in [0.25, 0.3) is 5.91 Å². The number of cyclic esters (lactones) is 1. The number of amides is 2. The number of rotatable bonds is 8. The summed E-state index contributed by atoms with van der Waals surface area (Å²) in [6, 6.07) is 14.3. The van der Waals surface area contributed by atoms with Gasteiger partial charge in [-0.05, 0) is 95.1 Å². The molecule has 0 saturated carbocycles. The van der Waals surface area contributed by atoms with Crippen LogP contribution in [0, 0.1) is 11.3 Å². The molecular formula is C43H57N7O5. The molecule has 3 aromatic heterocycles. The van der Waals surface area contributed by atoms with E-state index in [1.807, 2.05) is 64.0 Å². The van der Waals surface area contributed by atoms with Crippen molar-refractivity contribution in [3.63, 3.8) is 0 Å². The molecule has 1 fully saturated rings. The highest BCUT2D eigenvalue weighted by Crippen LogP contribution is 2.41. The second-order valence-corrected chi connectivity index (χ2v) is 16.3. The van der Waals surface area contributed by atoms with E-state index in [4.69, 9.17) is 19.4 Å². The third kappa shape index (κ3) is 8.46. The van der Waals surface area contributed by atoms with E-state index in [0.717, 1.165) is 51.2 Å². The van der Waals surface area contributed by atoms with E-state index in [1.165, 1.54) is 5.01 Å². The van der Waals surface area contributed by atoms with E-state index in [-0.39, 0.29) is 36.9 Å². The lowest BCUT2D eigenvalue weighted by atomic mass is 9.84. The summed E-state index contributed by atoms with van der Waals surface area (Å²) in [6.07, 6.45) is 3.49. The van der Waals surface area contributed by atoms with Crippen LogP contribution in [-0.2, 0) is 43.2 Å². The largest absolute Gasteiger partial charge is 0.464 e. The smallest absolute Gasteiger partial charge is 0.324 e. The molecule has 2 N–H and O–H groups in total. The first-order chi connectivity index (χ1) is 26.2. The van der Waals surface area contributed by atoms with Crippen molar-refractivity contribution in [1.82, 2.24) is 35.2 Å². The fourth-order valence-corrected chi connectivity index (χ4v) is 8.21. The second-order valence-electron chi connectivity index (χ2n) is 16.3. The third-order valence-electron chi connectivity index (χ3n) is 10.9. The van der Waals surface area contributed by atoms with Crippen LogP contribution < -0.4 is 10.7 Å². The zero-order valence-corrected chi connectivity index (χ0v) is 33.8. The molecule has 6 bridgehead atoms. The average molecular weight is 752 g/mol. The van der Waals surface area contributed by atoms with Crippen molar-refractivity contribution in [2.75, 3.05) is 34.4 Å². The molecule has 0 aliphatic carbocycles. The Kier molecular flexibility index (Phi) is 12.1. The van der Waals surface area contributed by atoms with Crippen molar-refractivity contribution in [2.24, 2.45) is 11.3 Å². The number of methoxy groups -OCH3 is 1. The highest BCUT2D eigenvalue weighted by atomic mass is 16.5. The second kappa shape index (κ2) is 16.6. The molecule has 12 nitrogen and oxygen atoms in total. The summed E-state index contributed by atoms with van der Waals surface area (Å²) in [5.74, 6) is -0.954. The highest BCUT2D eigenvalue weighted by molar-refractivity contribution is 5.95. The Morgan fingerprint density at radius 1 is 1.13 bits per heavy atom. The van der Waals surface area contributed by atoms with Crippen LogP contribution in [0.2, 0.25) is 0 Å². The van der Waals surface area contributed by atoms with Crippen molar-refractivity contribution in [1.29, 1.82) is 0 Å². The van der Waals surface area contributed by atoms with Gasteiger partial charge in [0.2, 0.25) is 5.91 Å². The summed E-state index contributed by atoms with van der Waals surface area (Å²) in [5, 5.41) is 5.62. The van der Waals surface area contributed by atoms with Gasteiger partial charge in [-0.15, -0.1) is 0 Å². The summed E-state index contributed by atoms with van der Waals surface area (Å²) in [7, 11) is 5.42. The number of nitrogens with zero attached hydrogens (tertiary/aromatic N) is 5. The van der Waals surface area contributed by atoms with E-state index in [9.17, 15) is 14.4 Å². The number of hydrogen-bond donors (Lipinski definition) is 2. The highest BCUT2D eigenvalue weighted by Gasteiger charge is 2.37. The fourth-order valence-electron chi connectivity index (χ4n) is 8.21. The van der Waals surface area contributed by atoms with Gasteiger partial charge in [0.15, 0.2) is 0 Å². The Bertz CT molecular complexity index is 2030. The zero-order chi connectivity index (χ0) is 39.6. The number of hydrogen-bond acceptors (Lipinski definition) is 9. The number of aryl methyl sites for hydroxylation is 1. The van der Waals surface area contributed by atoms with Crippen LogP contribution in [0.15, 0.2) is 54.7 Å². The van der Waals surface area contributed by atoms with Gasteiger partial charge in [-0.1, -0.05) is 39.8 Å². The number of benzene rings is 1. The van der Waals surface area contributed by atoms with Crippen molar-refractivity contribution >= 4 is 28.7 Å². The molecule has 294 valence electrons. The van der Waals surface area contributed by atoms with Crippen molar-refractivity contribution in [3.8, 4) is 22.5 Å². The molecular weight excluding hydrogens is 695 g/mol. The van der Waals surface area contributed by atoms with Crippen LogP contribution in [0.3, 0.4) is 0 Å². The number of ether oxygens (including phenoxy) is 2. The molecule has 0 spiro atoms. The Morgan fingerprint density at radius 3 is 2.62 bits per heavy atom. The number of carbonyl (C=O) groups is 3. The first-order valence-electron chi connectivity index (χ1n) is 19.5. The molecule has 4 atom stereocenters. The van der Waals surface area contributed by atoms with E-state index in [0.29, 0.717) is 31.5 Å². The maximum Gasteiger partial charge on any atom is 0.324 e. The molecule has 1 aromatic carbocycles. The summed E-state index contributed by atoms with van der Waals surface area (Å²) in [4.78, 5) is 53.5. The number of pyridine rings is 2. The number of carbonyl (C=O) groups excluding carboxylic acids is 3. The number of likely N-dealkylation sites (N-methyl/N-ethyl adjacent to an activating group) is 1. The number of esters is 1. The molecule has 55 heavy (non-hydrogen) atoms. The average Bonchev–Trinajstić information content (AvgIpc) is 3.46. The maximum absolute atomic E-state index is 14.3. The predicted molar refractivity (Wildman–Crippen MR) is 214 cm³/mol. The van der Waals surface area contributed by atoms with E-state index in [2.05, 4.69) is 60.3 Å². The SMILES string of the molecule is CCn1c(-c2cccnc2C(C)OC)c2c3cc(ccc31)-c1cccc(n1)CC(NC(=O)C(C(C)C)N(C)C)C(=O)N1CCC[C@H](N1)C(=O)OCC(C)(C)C2. The quantitative estimate of drug-likeness (QED) is 0.217. The molecule has 1 saturated heterocycles. The first-order valence-corrected chi connectivity index (χ1v) is 19.5. The maximum atomic E-state index is 14.3. The van der Waals surface area contributed by atoms with Crippen LogP contribution in [0.1, 0.15) is 77.4 Å². The van der Waals surface area contributed by atoms with E-state index >= 15 is 0 Å². The van der Waals surface area contributed by atoms with Crippen LogP contribution in [0.25, 0.3) is 33.4 Å². The molecule has 12 heteroatoms. The van der Waals surface area contributed by atoms with Crippen LogP contribution >= 0.6 is 0 Å².